The van der Waals surface area contributed by atoms with Crippen LogP contribution in [0.5, 0.6) is 0 Å². The van der Waals surface area contributed by atoms with E-state index in [2.05, 4.69) is 9.97 Å². The van der Waals surface area contributed by atoms with E-state index in [1.54, 1.807) is 18.3 Å². The molecule has 0 saturated heterocycles. The molecule has 2 rings (SSSR count). The summed E-state index contributed by atoms with van der Waals surface area (Å²) in [4.78, 5) is 19.6. The molecule has 0 saturated carbocycles. The highest BCUT2D eigenvalue weighted by Crippen LogP contribution is 2.31. The molecule has 4 nitrogen and oxygen atoms in total. The standard InChI is InChI=1S/C15H20N2O2S/c1-6-19-11(5)15-17-12(7-20-15)14-8(2)13(10(4)18)9(3)16-14/h7,11,16H,6H2,1-5H3/t11-/m1/s1. The topological polar surface area (TPSA) is 55.0 Å². The monoisotopic (exact) mass is 292 g/mol. The third kappa shape index (κ3) is 2.69. The SMILES string of the molecule is CCO[C@H](C)c1nc(-c2[nH]c(C)c(C(C)=O)c2C)cs1. The Labute approximate surface area is 123 Å². The van der Waals surface area contributed by atoms with Crippen LogP contribution in [-0.4, -0.2) is 22.4 Å². The van der Waals surface area contributed by atoms with Crippen molar-refractivity contribution in [1.29, 1.82) is 0 Å². The Morgan fingerprint density at radius 1 is 1.50 bits per heavy atom. The number of nitrogens with zero attached hydrogens (tertiary/aromatic N) is 1. The summed E-state index contributed by atoms with van der Waals surface area (Å²) in [6.07, 6.45) is 0.00222. The second-order valence-corrected chi connectivity index (χ2v) is 5.74. The number of H-pyrrole nitrogens is 1. The molecule has 1 atom stereocenters. The minimum absolute atomic E-state index is 0.00222. The fourth-order valence-electron chi connectivity index (χ4n) is 2.44. The molecule has 20 heavy (non-hydrogen) atoms. The van der Waals surface area contributed by atoms with E-state index in [1.807, 2.05) is 33.1 Å². The van der Waals surface area contributed by atoms with Crippen molar-refractivity contribution in [2.75, 3.05) is 6.61 Å². The Hall–Kier alpha value is -1.46. The number of carbonyl (C=O) groups excluding carboxylic acids is 1. The van der Waals surface area contributed by atoms with Crippen LogP contribution in [0.2, 0.25) is 0 Å². The van der Waals surface area contributed by atoms with Gasteiger partial charge in [-0.2, -0.15) is 0 Å². The maximum Gasteiger partial charge on any atom is 0.161 e. The van der Waals surface area contributed by atoms with Crippen LogP contribution in [-0.2, 0) is 4.74 Å². The number of rotatable bonds is 5. The van der Waals surface area contributed by atoms with Gasteiger partial charge >= 0.3 is 0 Å². The third-order valence-electron chi connectivity index (χ3n) is 3.33. The molecule has 2 aromatic rings. The number of aromatic amines is 1. The lowest BCUT2D eigenvalue weighted by atomic mass is 10.1. The van der Waals surface area contributed by atoms with Crippen molar-refractivity contribution in [1.82, 2.24) is 9.97 Å². The predicted molar refractivity (Wildman–Crippen MR) is 81.4 cm³/mol. The van der Waals surface area contributed by atoms with Crippen LogP contribution in [0.15, 0.2) is 5.38 Å². The van der Waals surface area contributed by atoms with E-state index in [0.717, 1.165) is 33.2 Å². The van der Waals surface area contributed by atoms with Gasteiger partial charge < -0.3 is 9.72 Å². The van der Waals surface area contributed by atoms with Gasteiger partial charge in [-0.3, -0.25) is 4.79 Å². The molecule has 108 valence electrons. The molecular formula is C15H20N2O2S. The summed E-state index contributed by atoms with van der Waals surface area (Å²) in [7, 11) is 0. The van der Waals surface area contributed by atoms with Gasteiger partial charge in [0.25, 0.3) is 0 Å². The van der Waals surface area contributed by atoms with Gasteiger partial charge in [0.15, 0.2) is 5.78 Å². The van der Waals surface area contributed by atoms with Crippen LogP contribution >= 0.6 is 11.3 Å². The molecular weight excluding hydrogens is 272 g/mol. The molecule has 0 fully saturated rings. The summed E-state index contributed by atoms with van der Waals surface area (Å²) in [5, 5.41) is 2.96. The van der Waals surface area contributed by atoms with Gasteiger partial charge in [-0.1, -0.05) is 0 Å². The lowest BCUT2D eigenvalue weighted by Gasteiger charge is -2.06. The highest BCUT2D eigenvalue weighted by Gasteiger charge is 2.19. The number of aromatic nitrogens is 2. The number of ketones is 1. The van der Waals surface area contributed by atoms with Crippen molar-refractivity contribution in [2.24, 2.45) is 0 Å². The minimum atomic E-state index is 0.00222. The zero-order valence-electron chi connectivity index (χ0n) is 12.5. The Bertz CT molecular complexity index is 628. The molecule has 0 bridgehead atoms. The quantitative estimate of drug-likeness (QED) is 0.846. The van der Waals surface area contributed by atoms with Crippen molar-refractivity contribution in [3.05, 3.63) is 27.2 Å². The van der Waals surface area contributed by atoms with Gasteiger partial charge in [0.2, 0.25) is 0 Å². The Kier molecular flexibility index (Phi) is 4.40. The molecule has 0 aliphatic heterocycles. The lowest BCUT2D eigenvalue weighted by Crippen LogP contribution is -1.98. The molecule has 2 heterocycles. The fourth-order valence-corrected chi connectivity index (χ4v) is 3.26. The van der Waals surface area contributed by atoms with E-state index in [1.165, 1.54) is 0 Å². The number of carbonyl (C=O) groups is 1. The number of ether oxygens (including phenoxy) is 1. The Balaban J connectivity index is 2.38. The number of hydrogen-bond donors (Lipinski definition) is 1. The zero-order chi connectivity index (χ0) is 14.9. The number of Topliss-reactive ketones (excluding diaryl/α,β-unsaturated/α-hetero) is 1. The summed E-state index contributed by atoms with van der Waals surface area (Å²) >= 11 is 1.58. The lowest BCUT2D eigenvalue weighted by molar-refractivity contribution is 0.0762. The summed E-state index contributed by atoms with van der Waals surface area (Å²) in [5.41, 5.74) is 4.45. The van der Waals surface area contributed by atoms with E-state index < -0.39 is 0 Å². The van der Waals surface area contributed by atoms with E-state index in [4.69, 9.17) is 4.74 Å². The van der Waals surface area contributed by atoms with Crippen molar-refractivity contribution < 1.29 is 9.53 Å². The van der Waals surface area contributed by atoms with Crippen molar-refractivity contribution in [2.45, 2.75) is 40.7 Å². The van der Waals surface area contributed by atoms with Crippen molar-refractivity contribution in [3.63, 3.8) is 0 Å². The van der Waals surface area contributed by atoms with E-state index in [-0.39, 0.29) is 11.9 Å². The summed E-state index contributed by atoms with van der Waals surface area (Å²) < 4.78 is 5.56. The van der Waals surface area contributed by atoms with Gasteiger partial charge in [-0.25, -0.2) is 4.98 Å². The molecule has 0 radical (unpaired) electrons. The number of aryl methyl sites for hydroxylation is 1. The van der Waals surface area contributed by atoms with Gasteiger partial charge in [0.05, 0.1) is 11.4 Å². The van der Waals surface area contributed by atoms with Gasteiger partial charge in [-0.15, -0.1) is 11.3 Å². The van der Waals surface area contributed by atoms with Crippen LogP contribution in [0.4, 0.5) is 0 Å². The summed E-state index contributed by atoms with van der Waals surface area (Å²) in [6, 6.07) is 0. The van der Waals surface area contributed by atoms with Gasteiger partial charge in [0.1, 0.15) is 11.1 Å². The largest absolute Gasteiger partial charge is 0.372 e. The molecule has 0 amide bonds. The number of nitrogens with one attached hydrogen (secondary N) is 1. The Morgan fingerprint density at radius 2 is 2.20 bits per heavy atom. The normalized spacial score (nSPS) is 12.7. The first-order valence-corrected chi connectivity index (χ1v) is 7.61. The third-order valence-corrected chi connectivity index (χ3v) is 4.34. The molecule has 0 aliphatic rings. The van der Waals surface area contributed by atoms with E-state index >= 15 is 0 Å². The van der Waals surface area contributed by atoms with Gasteiger partial charge in [-0.05, 0) is 40.2 Å². The van der Waals surface area contributed by atoms with Crippen LogP contribution < -0.4 is 0 Å². The average Bonchev–Trinajstić information content (AvgIpc) is 2.94. The fraction of sp³-hybridized carbons (Fsp3) is 0.467. The van der Waals surface area contributed by atoms with E-state index in [0.29, 0.717) is 6.61 Å². The molecule has 0 spiro atoms. The number of hydrogen-bond acceptors (Lipinski definition) is 4. The van der Waals surface area contributed by atoms with E-state index in [9.17, 15) is 4.79 Å². The second-order valence-electron chi connectivity index (χ2n) is 4.85. The Morgan fingerprint density at radius 3 is 2.75 bits per heavy atom. The average molecular weight is 292 g/mol. The van der Waals surface area contributed by atoms with Crippen LogP contribution in [0.25, 0.3) is 11.4 Å². The number of thiazole rings is 1. The molecule has 0 aliphatic carbocycles. The highest BCUT2D eigenvalue weighted by atomic mass is 32.1. The zero-order valence-corrected chi connectivity index (χ0v) is 13.4. The second kappa shape index (κ2) is 5.89. The van der Waals surface area contributed by atoms with Crippen molar-refractivity contribution >= 4 is 17.1 Å². The van der Waals surface area contributed by atoms with Crippen LogP contribution in [0, 0.1) is 13.8 Å². The molecule has 5 heteroatoms. The molecule has 2 aromatic heterocycles. The first-order valence-electron chi connectivity index (χ1n) is 6.73. The highest BCUT2D eigenvalue weighted by molar-refractivity contribution is 7.10. The summed E-state index contributed by atoms with van der Waals surface area (Å²) in [5.74, 6) is 0.0839. The van der Waals surface area contributed by atoms with Crippen molar-refractivity contribution in [3.8, 4) is 11.4 Å². The maximum atomic E-state index is 11.7. The maximum absolute atomic E-state index is 11.7. The first kappa shape index (κ1) is 14.9. The predicted octanol–water partition coefficient (Wildman–Crippen LogP) is 4.06. The summed E-state index contributed by atoms with van der Waals surface area (Å²) in [6.45, 7) is 10.1. The minimum Gasteiger partial charge on any atom is -0.372 e. The van der Waals surface area contributed by atoms with Crippen LogP contribution in [0.1, 0.15) is 53.5 Å². The first-order chi connectivity index (χ1) is 9.45. The smallest absolute Gasteiger partial charge is 0.161 e. The molecule has 0 aromatic carbocycles. The van der Waals surface area contributed by atoms with Crippen LogP contribution in [0.3, 0.4) is 0 Å². The molecule has 1 N–H and O–H groups in total. The molecule has 0 unspecified atom stereocenters. The van der Waals surface area contributed by atoms with Gasteiger partial charge in [0, 0.05) is 23.2 Å².